The molecule has 414 valence electrons. The Kier molecular flexibility index (Phi) is 15.7. The molecule has 4 atom stereocenters. The first-order chi connectivity index (χ1) is 38.4. The summed E-state index contributed by atoms with van der Waals surface area (Å²) in [5.41, 5.74) is 4.20. The van der Waals surface area contributed by atoms with Gasteiger partial charge in [-0.15, -0.1) is 0 Å². The SMILES string of the molecule is CC(C)(O)[C@H](F)CNC(=O)c1cnc(-c2ccc3cc(C#N)cnn23)cc1Nc1cnn([C@@H]2CCN(C3COC3)C2)c1.CC(C)(O)[C@H](F)CNC(=O)c1cnc(-c2ccc3cc(C#N)cnn23)cc1Nc1cnn([C@@H]2CCNC2)c1. The third-order valence-electron chi connectivity index (χ3n) is 14.4. The van der Waals surface area contributed by atoms with Gasteiger partial charge in [-0.1, -0.05) is 0 Å². The maximum absolute atomic E-state index is 14.4. The minimum absolute atomic E-state index is 0.201. The van der Waals surface area contributed by atoms with E-state index in [0.717, 1.165) is 63.3 Å². The summed E-state index contributed by atoms with van der Waals surface area (Å²) in [5, 5.41) is 71.0. The Morgan fingerprint density at radius 1 is 0.700 bits per heavy atom. The number of rotatable bonds is 17. The van der Waals surface area contributed by atoms with Gasteiger partial charge in [0, 0.05) is 44.4 Å². The van der Waals surface area contributed by atoms with E-state index >= 15 is 0 Å². The summed E-state index contributed by atoms with van der Waals surface area (Å²) in [4.78, 5) is 37.7. The molecular weight excluding hydrogens is 1030 g/mol. The number of nitrogens with one attached hydrogen (secondary N) is 5. The fraction of sp³-hybridized carbons (Fsp3) is 0.382. The average molecular weight is 1090 g/mol. The van der Waals surface area contributed by atoms with Crippen molar-refractivity contribution in [3.05, 3.63) is 120 Å². The molecule has 0 radical (unpaired) electrons. The van der Waals surface area contributed by atoms with Crippen LogP contribution in [0.25, 0.3) is 33.8 Å². The number of fused-ring (bicyclic) bond motifs is 2. The second-order valence-electron chi connectivity index (χ2n) is 21.2. The van der Waals surface area contributed by atoms with Crippen molar-refractivity contribution < 1.29 is 33.3 Å². The second-order valence-corrected chi connectivity index (χ2v) is 21.2. The predicted octanol–water partition coefficient (Wildman–Crippen LogP) is 5.27. The number of likely N-dealkylation sites (tertiary alicyclic amines) is 1. The van der Waals surface area contributed by atoms with Crippen LogP contribution in [-0.4, -0.2) is 158 Å². The summed E-state index contributed by atoms with van der Waals surface area (Å²) in [7, 11) is 0. The van der Waals surface area contributed by atoms with Crippen LogP contribution >= 0.6 is 0 Å². The van der Waals surface area contributed by atoms with Gasteiger partial charge in [-0.05, 0) is 95.6 Å². The van der Waals surface area contributed by atoms with Crippen LogP contribution in [-0.2, 0) is 4.74 Å². The largest absolute Gasteiger partial charge is 0.387 e. The molecule has 7 N–H and O–H groups in total. The molecule has 11 heterocycles. The van der Waals surface area contributed by atoms with Gasteiger partial charge in [0.1, 0.15) is 24.5 Å². The summed E-state index contributed by atoms with van der Waals surface area (Å²) in [6, 6.07) is 19.3. The lowest BCUT2D eigenvalue weighted by Gasteiger charge is -2.34. The summed E-state index contributed by atoms with van der Waals surface area (Å²) in [5.74, 6) is -1.08. The van der Waals surface area contributed by atoms with Crippen LogP contribution in [0.4, 0.5) is 31.5 Å². The van der Waals surface area contributed by atoms with Gasteiger partial charge in [0.05, 0.1) is 159 Å². The number of alkyl halides is 2. The lowest BCUT2D eigenvalue weighted by atomic mass is 10.0. The maximum Gasteiger partial charge on any atom is 0.255 e. The molecule has 25 heteroatoms. The van der Waals surface area contributed by atoms with E-state index in [1.54, 1.807) is 45.7 Å². The highest BCUT2D eigenvalue weighted by molar-refractivity contribution is 6.01. The van der Waals surface area contributed by atoms with Crippen molar-refractivity contribution in [1.29, 1.82) is 10.5 Å². The number of halogens is 2. The lowest BCUT2D eigenvalue weighted by Crippen LogP contribution is -2.47. The Bertz CT molecular complexity index is 3630. The van der Waals surface area contributed by atoms with Crippen LogP contribution in [0.5, 0.6) is 0 Å². The second kappa shape index (κ2) is 22.9. The Balaban J connectivity index is 0.000000181. The highest BCUT2D eigenvalue weighted by Gasteiger charge is 2.34. The molecule has 3 aliphatic rings. The molecule has 0 spiro atoms. The molecule has 11 rings (SSSR count). The topological polar surface area (TPSA) is 291 Å². The first kappa shape index (κ1) is 54.6. The minimum atomic E-state index is -1.66. The minimum Gasteiger partial charge on any atom is -0.387 e. The molecule has 3 fully saturated rings. The molecule has 80 heavy (non-hydrogen) atoms. The van der Waals surface area contributed by atoms with E-state index in [0.29, 0.717) is 62.7 Å². The Labute approximate surface area is 458 Å². The van der Waals surface area contributed by atoms with E-state index in [4.69, 9.17) is 10.00 Å². The highest BCUT2D eigenvalue weighted by Crippen LogP contribution is 2.32. The van der Waals surface area contributed by atoms with Crippen molar-refractivity contribution in [3.8, 4) is 34.9 Å². The van der Waals surface area contributed by atoms with Gasteiger partial charge in [0.2, 0.25) is 0 Å². The fourth-order valence-corrected chi connectivity index (χ4v) is 9.45. The van der Waals surface area contributed by atoms with Crippen LogP contribution in [0.3, 0.4) is 0 Å². The van der Waals surface area contributed by atoms with Crippen molar-refractivity contribution in [1.82, 2.24) is 69.6 Å². The number of aromatic nitrogens is 10. The quantitative estimate of drug-likeness (QED) is 0.0611. The van der Waals surface area contributed by atoms with Gasteiger partial charge in [0.15, 0.2) is 0 Å². The molecule has 8 aromatic rings. The van der Waals surface area contributed by atoms with Gasteiger partial charge >= 0.3 is 0 Å². The normalized spacial score (nSPS) is 17.5. The first-order valence-electron chi connectivity index (χ1n) is 26.1. The van der Waals surface area contributed by atoms with E-state index in [2.05, 4.69) is 74.0 Å². The number of anilines is 4. The van der Waals surface area contributed by atoms with Gasteiger partial charge in [-0.2, -0.15) is 30.9 Å². The maximum atomic E-state index is 14.4. The Morgan fingerprint density at radius 2 is 1.20 bits per heavy atom. The smallest absolute Gasteiger partial charge is 0.255 e. The number of aliphatic hydroxyl groups is 2. The molecule has 2 amide bonds. The van der Waals surface area contributed by atoms with Crippen LogP contribution < -0.4 is 26.6 Å². The van der Waals surface area contributed by atoms with Crippen LogP contribution in [0.1, 0.15) is 84.5 Å². The molecular formula is C55H60F2N18O5. The number of carbonyl (C=O) groups excluding carboxylic acids is 2. The van der Waals surface area contributed by atoms with Gasteiger partial charge in [-0.25, -0.2) is 17.8 Å². The van der Waals surface area contributed by atoms with Crippen molar-refractivity contribution in [2.45, 2.75) is 82.2 Å². The first-order valence-corrected chi connectivity index (χ1v) is 26.1. The fourth-order valence-electron chi connectivity index (χ4n) is 9.45. The van der Waals surface area contributed by atoms with Crippen LogP contribution in [0.2, 0.25) is 0 Å². The zero-order chi connectivity index (χ0) is 56.3. The van der Waals surface area contributed by atoms with E-state index in [-0.39, 0.29) is 36.3 Å². The number of ether oxygens (including phenoxy) is 1. The highest BCUT2D eigenvalue weighted by atomic mass is 19.1. The Morgan fingerprint density at radius 3 is 1.64 bits per heavy atom. The lowest BCUT2D eigenvalue weighted by molar-refractivity contribution is -0.0579. The molecule has 0 aliphatic carbocycles. The number of pyridine rings is 2. The standard InChI is InChI=1S/C29H32FN9O3.C26H28FN9O2/c1-29(2,41)27(30)13-33-28(40)23-12-32-25(26-4-3-20-7-18(9-31)10-35-39(20)26)8-24(23)36-19-11-34-38(14-19)21-5-6-37(15-21)22-16-42-17-22;1-26(2,38)24(27)14-31-25(37)20-13-30-22(23-4-3-18-7-16(9-28)10-33-36(18)23)8-21(20)34-17-11-32-35(15-17)19-5-6-29-12-19/h3-4,7-8,10-12,14,21-22,27,41H,5-6,13,15-17H2,1-2H3,(H,32,36)(H,33,40);3-4,7-8,10-11,13,15,19,24,29,38H,5-6,12,14H2,1-2H3,(H,30,34)(H,31,37)/t21-,27-;19-,24-/m11/s1. The molecule has 0 aromatic carbocycles. The molecule has 3 saturated heterocycles. The van der Waals surface area contributed by atoms with Crippen molar-refractivity contribution >= 4 is 45.6 Å². The van der Waals surface area contributed by atoms with E-state index < -0.39 is 35.4 Å². The monoisotopic (exact) mass is 1090 g/mol. The number of nitrogens with zero attached hydrogens (tertiary/aromatic N) is 13. The Hall–Kier alpha value is -8.72. The number of hydrogen-bond donors (Lipinski definition) is 7. The van der Waals surface area contributed by atoms with Crippen molar-refractivity contribution in [2.24, 2.45) is 0 Å². The summed E-state index contributed by atoms with van der Waals surface area (Å²) in [6.07, 6.45) is 11.6. The predicted molar refractivity (Wildman–Crippen MR) is 291 cm³/mol. The zero-order valence-electron chi connectivity index (χ0n) is 44.4. The van der Waals surface area contributed by atoms with Crippen LogP contribution in [0.15, 0.2) is 98.1 Å². The third-order valence-corrected chi connectivity index (χ3v) is 14.4. The van der Waals surface area contributed by atoms with Crippen molar-refractivity contribution in [2.75, 3.05) is 63.1 Å². The van der Waals surface area contributed by atoms with Crippen molar-refractivity contribution in [3.63, 3.8) is 0 Å². The molecule has 0 bridgehead atoms. The van der Waals surface area contributed by atoms with Gasteiger partial charge in [0.25, 0.3) is 11.8 Å². The van der Waals surface area contributed by atoms with Gasteiger partial charge < -0.3 is 41.5 Å². The van der Waals surface area contributed by atoms with Gasteiger partial charge in [-0.3, -0.25) is 33.8 Å². The number of amides is 2. The molecule has 8 aromatic heterocycles. The summed E-state index contributed by atoms with van der Waals surface area (Å²) in [6.45, 7) is 9.89. The number of nitriles is 2. The molecule has 0 unspecified atom stereocenters. The molecule has 23 nitrogen and oxygen atoms in total. The number of carbonyl (C=O) groups is 2. The molecule has 3 aliphatic heterocycles. The number of hydrogen-bond acceptors (Lipinski definition) is 17. The zero-order valence-corrected chi connectivity index (χ0v) is 44.4. The van der Waals surface area contributed by atoms with Crippen LogP contribution in [0, 0.1) is 22.7 Å². The summed E-state index contributed by atoms with van der Waals surface area (Å²) >= 11 is 0. The van der Waals surface area contributed by atoms with E-state index in [1.165, 1.54) is 52.5 Å². The molecule has 0 saturated carbocycles. The van der Waals surface area contributed by atoms with E-state index in [9.17, 15) is 33.8 Å². The average Bonchev–Trinajstić information content (AvgIpc) is 4.36. The summed E-state index contributed by atoms with van der Waals surface area (Å²) < 4.78 is 41.2. The van der Waals surface area contributed by atoms with E-state index in [1.807, 2.05) is 46.0 Å². The third kappa shape index (κ3) is 12.1.